The third-order valence-corrected chi connectivity index (χ3v) is 3.27. The van der Waals surface area contributed by atoms with Gasteiger partial charge in [-0.2, -0.15) is 13.2 Å². The molecule has 0 aromatic heterocycles. The van der Waals surface area contributed by atoms with E-state index in [1.165, 1.54) is 4.90 Å². The number of hydrogen-bond acceptors (Lipinski definition) is 2. The molecule has 0 saturated carbocycles. The van der Waals surface area contributed by atoms with Crippen LogP contribution in [0.15, 0.2) is 18.2 Å². The summed E-state index contributed by atoms with van der Waals surface area (Å²) in [4.78, 5) is 13.4. The van der Waals surface area contributed by atoms with Gasteiger partial charge in [0.05, 0.1) is 11.7 Å². The largest absolute Gasteiger partial charge is 0.419 e. The van der Waals surface area contributed by atoms with Crippen LogP contribution in [0.1, 0.15) is 28.8 Å². The van der Waals surface area contributed by atoms with Gasteiger partial charge < -0.3 is 10.0 Å². The van der Waals surface area contributed by atoms with Crippen molar-refractivity contribution in [2.45, 2.75) is 25.1 Å². The molecule has 1 saturated heterocycles. The van der Waals surface area contributed by atoms with E-state index in [0.29, 0.717) is 25.0 Å². The van der Waals surface area contributed by atoms with Crippen LogP contribution in [0.5, 0.6) is 0 Å². The molecule has 1 N–H and O–H groups in total. The van der Waals surface area contributed by atoms with E-state index in [9.17, 15) is 27.5 Å². The van der Waals surface area contributed by atoms with Crippen LogP contribution in [0.3, 0.4) is 0 Å². The maximum absolute atomic E-state index is 13.1. The Balaban J connectivity index is 2.23. The fourth-order valence-corrected chi connectivity index (χ4v) is 2.13. The maximum Gasteiger partial charge on any atom is 0.419 e. The Kier molecular flexibility index (Phi) is 3.99. The Labute approximate surface area is 112 Å². The Morgan fingerprint density at radius 2 is 1.85 bits per heavy atom. The lowest BCUT2D eigenvalue weighted by Gasteiger charge is -2.29. The Morgan fingerprint density at radius 3 is 2.40 bits per heavy atom. The fraction of sp³-hybridized carbons (Fsp3) is 0.462. The number of hydrogen-bond donors (Lipinski definition) is 1. The Morgan fingerprint density at radius 1 is 1.25 bits per heavy atom. The van der Waals surface area contributed by atoms with Crippen LogP contribution in [0.4, 0.5) is 17.6 Å². The highest BCUT2D eigenvalue weighted by Crippen LogP contribution is 2.32. The first-order valence-electron chi connectivity index (χ1n) is 6.13. The topological polar surface area (TPSA) is 40.5 Å². The van der Waals surface area contributed by atoms with Crippen LogP contribution >= 0.6 is 0 Å². The molecular formula is C13H13F4NO2. The summed E-state index contributed by atoms with van der Waals surface area (Å²) < 4.78 is 50.9. The Hall–Kier alpha value is -1.63. The molecule has 1 amide bonds. The van der Waals surface area contributed by atoms with E-state index in [2.05, 4.69) is 0 Å². The highest BCUT2D eigenvalue weighted by Gasteiger charge is 2.35. The third kappa shape index (κ3) is 3.09. The SMILES string of the molecule is O=C(c1ccc(F)c(C(F)(F)F)c1)N1CCC(O)CC1. The highest BCUT2D eigenvalue weighted by molar-refractivity contribution is 5.94. The minimum atomic E-state index is -4.83. The van der Waals surface area contributed by atoms with E-state index in [1.54, 1.807) is 0 Å². The lowest BCUT2D eigenvalue weighted by atomic mass is 10.0. The molecule has 0 radical (unpaired) electrons. The summed E-state index contributed by atoms with van der Waals surface area (Å²) in [6.07, 6.45) is -4.55. The van der Waals surface area contributed by atoms with Crippen molar-refractivity contribution in [2.75, 3.05) is 13.1 Å². The van der Waals surface area contributed by atoms with E-state index in [1.807, 2.05) is 0 Å². The van der Waals surface area contributed by atoms with Crippen molar-refractivity contribution < 1.29 is 27.5 Å². The summed E-state index contributed by atoms with van der Waals surface area (Å²) >= 11 is 0. The number of nitrogens with zero attached hydrogens (tertiary/aromatic N) is 1. The average Bonchev–Trinajstić information content (AvgIpc) is 2.38. The van der Waals surface area contributed by atoms with Crippen LogP contribution < -0.4 is 0 Å². The maximum atomic E-state index is 13.1. The molecule has 0 aliphatic carbocycles. The summed E-state index contributed by atoms with van der Waals surface area (Å²) in [5.74, 6) is -1.98. The number of aliphatic hydroxyl groups excluding tert-OH is 1. The predicted molar refractivity (Wildman–Crippen MR) is 62.5 cm³/mol. The summed E-state index contributed by atoms with van der Waals surface area (Å²) in [7, 11) is 0. The third-order valence-electron chi connectivity index (χ3n) is 3.27. The summed E-state index contributed by atoms with van der Waals surface area (Å²) in [5.41, 5.74) is -1.64. The van der Waals surface area contributed by atoms with Gasteiger partial charge in [0, 0.05) is 18.7 Å². The van der Waals surface area contributed by atoms with Crippen molar-refractivity contribution >= 4 is 5.91 Å². The van der Waals surface area contributed by atoms with E-state index in [0.717, 1.165) is 6.07 Å². The molecule has 1 fully saturated rings. The number of halogens is 4. The smallest absolute Gasteiger partial charge is 0.393 e. The van der Waals surface area contributed by atoms with E-state index < -0.39 is 29.6 Å². The molecule has 2 rings (SSSR count). The zero-order chi connectivity index (χ0) is 14.9. The van der Waals surface area contributed by atoms with Crippen LogP contribution in [0, 0.1) is 5.82 Å². The molecule has 1 heterocycles. The van der Waals surface area contributed by atoms with Gasteiger partial charge in [0.2, 0.25) is 0 Å². The molecule has 7 heteroatoms. The van der Waals surface area contributed by atoms with Crippen LogP contribution in [-0.2, 0) is 6.18 Å². The fourth-order valence-electron chi connectivity index (χ4n) is 2.13. The molecule has 1 aliphatic rings. The molecule has 3 nitrogen and oxygen atoms in total. The van der Waals surface area contributed by atoms with Crippen molar-refractivity contribution in [1.82, 2.24) is 4.90 Å². The standard InChI is InChI=1S/C13H13F4NO2/c14-11-2-1-8(7-10(11)13(15,16)17)12(20)18-5-3-9(19)4-6-18/h1-2,7,9,19H,3-6H2. The second-order valence-electron chi connectivity index (χ2n) is 4.72. The van der Waals surface area contributed by atoms with Gasteiger partial charge in [0.1, 0.15) is 5.82 Å². The monoisotopic (exact) mass is 291 g/mol. The van der Waals surface area contributed by atoms with Gasteiger partial charge in [0.15, 0.2) is 0 Å². The first-order valence-corrected chi connectivity index (χ1v) is 6.13. The number of carbonyl (C=O) groups is 1. The second kappa shape index (κ2) is 5.40. The molecule has 110 valence electrons. The van der Waals surface area contributed by atoms with Crippen molar-refractivity contribution in [3.05, 3.63) is 35.1 Å². The first-order chi connectivity index (χ1) is 9.29. The number of carbonyl (C=O) groups excluding carboxylic acids is 1. The normalized spacial score (nSPS) is 17.4. The highest BCUT2D eigenvalue weighted by atomic mass is 19.4. The van der Waals surface area contributed by atoms with Gasteiger partial charge >= 0.3 is 6.18 Å². The van der Waals surface area contributed by atoms with Gasteiger partial charge in [-0.1, -0.05) is 0 Å². The van der Waals surface area contributed by atoms with Crippen LogP contribution in [-0.4, -0.2) is 35.1 Å². The van der Waals surface area contributed by atoms with E-state index >= 15 is 0 Å². The van der Waals surface area contributed by atoms with E-state index in [-0.39, 0.29) is 18.7 Å². The van der Waals surface area contributed by atoms with Crippen LogP contribution in [0.2, 0.25) is 0 Å². The number of rotatable bonds is 1. The van der Waals surface area contributed by atoms with Crippen molar-refractivity contribution in [2.24, 2.45) is 0 Å². The lowest BCUT2D eigenvalue weighted by Crippen LogP contribution is -2.40. The molecular weight excluding hydrogens is 278 g/mol. The lowest BCUT2D eigenvalue weighted by molar-refractivity contribution is -0.140. The Bertz CT molecular complexity index is 508. The molecule has 20 heavy (non-hydrogen) atoms. The molecule has 1 aromatic rings. The quantitative estimate of drug-likeness (QED) is 0.807. The number of piperidine rings is 1. The minimum absolute atomic E-state index is 0.199. The zero-order valence-electron chi connectivity index (χ0n) is 10.5. The molecule has 0 bridgehead atoms. The van der Waals surface area contributed by atoms with Gasteiger partial charge in [-0.05, 0) is 31.0 Å². The number of amides is 1. The van der Waals surface area contributed by atoms with Gasteiger partial charge in [-0.3, -0.25) is 4.79 Å². The number of benzene rings is 1. The van der Waals surface area contributed by atoms with Gasteiger partial charge in [-0.25, -0.2) is 4.39 Å². The predicted octanol–water partition coefficient (Wildman–Crippen LogP) is 2.44. The number of aliphatic hydroxyl groups is 1. The second-order valence-corrected chi connectivity index (χ2v) is 4.72. The molecule has 1 aliphatic heterocycles. The zero-order valence-corrected chi connectivity index (χ0v) is 10.5. The van der Waals surface area contributed by atoms with Gasteiger partial charge in [0.25, 0.3) is 5.91 Å². The molecule has 1 aromatic carbocycles. The molecule has 0 atom stereocenters. The average molecular weight is 291 g/mol. The summed E-state index contributed by atoms with van der Waals surface area (Å²) in [6, 6.07) is 2.22. The molecule has 0 spiro atoms. The van der Waals surface area contributed by atoms with Gasteiger partial charge in [-0.15, -0.1) is 0 Å². The summed E-state index contributed by atoms with van der Waals surface area (Å²) in [6.45, 7) is 0.553. The van der Waals surface area contributed by atoms with Crippen molar-refractivity contribution in [1.29, 1.82) is 0 Å². The number of alkyl halides is 3. The van der Waals surface area contributed by atoms with E-state index in [4.69, 9.17) is 0 Å². The first kappa shape index (κ1) is 14.8. The number of likely N-dealkylation sites (tertiary alicyclic amines) is 1. The minimum Gasteiger partial charge on any atom is -0.393 e. The van der Waals surface area contributed by atoms with Crippen LogP contribution in [0.25, 0.3) is 0 Å². The molecule has 0 unspecified atom stereocenters. The summed E-state index contributed by atoms with van der Waals surface area (Å²) in [5, 5.41) is 9.33. The van der Waals surface area contributed by atoms with Crippen molar-refractivity contribution in [3.63, 3.8) is 0 Å². The van der Waals surface area contributed by atoms with Crippen molar-refractivity contribution in [3.8, 4) is 0 Å².